The Morgan fingerprint density at radius 2 is 1.73 bits per heavy atom. The van der Waals surface area contributed by atoms with E-state index in [-0.39, 0.29) is 0 Å². The van der Waals surface area contributed by atoms with Crippen molar-refractivity contribution in [3.8, 4) is 22.8 Å². The number of hydrogen-bond donors (Lipinski definition) is 2. The largest absolute Gasteiger partial charge is 0.496 e. The van der Waals surface area contributed by atoms with E-state index in [9.17, 15) is 0 Å². The Labute approximate surface area is 153 Å². The van der Waals surface area contributed by atoms with Gasteiger partial charge in [-0.25, -0.2) is 9.97 Å². The second-order valence-corrected chi connectivity index (χ2v) is 5.67. The lowest BCUT2D eigenvalue weighted by molar-refractivity contribution is 0.408. The van der Waals surface area contributed by atoms with Crippen molar-refractivity contribution < 1.29 is 9.47 Å². The van der Waals surface area contributed by atoms with Crippen molar-refractivity contribution in [2.75, 3.05) is 26.6 Å². The highest BCUT2D eigenvalue weighted by atomic mass is 16.5. The SMILES string of the molecule is CNCc1cc(Nc2cc(-c3ccccc3OC)ncn2)ccc1OC. The number of hydrogen-bond acceptors (Lipinski definition) is 6. The number of ether oxygens (including phenoxy) is 2. The number of nitrogens with zero attached hydrogens (tertiary/aromatic N) is 2. The number of para-hydroxylation sites is 1. The van der Waals surface area contributed by atoms with Crippen LogP contribution in [0.4, 0.5) is 11.5 Å². The van der Waals surface area contributed by atoms with Crippen LogP contribution in [0.3, 0.4) is 0 Å². The number of anilines is 2. The van der Waals surface area contributed by atoms with Gasteiger partial charge in [0.25, 0.3) is 0 Å². The van der Waals surface area contributed by atoms with Crippen LogP contribution in [0.5, 0.6) is 11.5 Å². The highest BCUT2D eigenvalue weighted by Crippen LogP contribution is 2.30. The number of methoxy groups -OCH3 is 2. The van der Waals surface area contributed by atoms with Crippen LogP contribution in [-0.2, 0) is 6.54 Å². The second-order valence-electron chi connectivity index (χ2n) is 5.67. The topological polar surface area (TPSA) is 68.3 Å². The van der Waals surface area contributed by atoms with Gasteiger partial charge in [-0.05, 0) is 37.4 Å². The summed E-state index contributed by atoms with van der Waals surface area (Å²) in [6.45, 7) is 0.717. The lowest BCUT2D eigenvalue weighted by Crippen LogP contribution is -2.07. The van der Waals surface area contributed by atoms with E-state index in [1.165, 1.54) is 0 Å². The zero-order valence-electron chi connectivity index (χ0n) is 15.1. The third-order valence-corrected chi connectivity index (χ3v) is 3.97. The van der Waals surface area contributed by atoms with E-state index in [2.05, 4.69) is 20.6 Å². The molecule has 2 aromatic carbocycles. The highest BCUT2D eigenvalue weighted by Gasteiger charge is 2.09. The lowest BCUT2D eigenvalue weighted by atomic mass is 10.1. The fraction of sp³-hybridized carbons (Fsp3) is 0.200. The van der Waals surface area contributed by atoms with E-state index in [0.717, 1.165) is 40.6 Å². The third kappa shape index (κ3) is 3.92. The first-order chi connectivity index (χ1) is 12.7. The first-order valence-electron chi connectivity index (χ1n) is 8.29. The van der Waals surface area contributed by atoms with Crippen LogP contribution in [0.1, 0.15) is 5.56 Å². The average molecular weight is 350 g/mol. The predicted octanol–water partition coefficient (Wildman–Crippen LogP) is 3.62. The molecule has 134 valence electrons. The van der Waals surface area contributed by atoms with Gasteiger partial charge in [-0.15, -0.1) is 0 Å². The van der Waals surface area contributed by atoms with Crippen molar-refractivity contribution in [1.29, 1.82) is 0 Å². The van der Waals surface area contributed by atoms with E-state index < -0.39 is 0 Å². The van der Waals surface area contributed by atoms with Crippen molar-refractivity contribution in [3.63, 3.8) is 0 Å². The van der Waals surface area contributed by atoms with Crippen molar-refractivity contribution in [3.05, 3.63) is 60.4 Å². The van der Waals surface area contributed by atoms with Gasteiger partial charge < -0.3 is 20.1 Å². The van der Waals surface area contributed by atoms with Crippen LogP contribution in [0.2, 0.25) is 0 Å². The molecular formula is C20H22N4O2. The highest BCUT2D eigenvalue weighted by molar-refractivity contribution is 5.70. The van der Waals surface area contributed by atoms with Gasteiger partial charge in [-0.3, -0.25) is 0 Å². The second kappa shape index (κ2) is 8.31. The van der Waals surface area contributed by atoms with Crippen molar-refractivity contribution in [2.24, 2.45) is 0 Å². The number of nitrogens with one attached hydrogen (secondary N) is 2. The maximum Gasteiger partial charge on any atom is 0.134 e. The van der Waals surface area contributed by atoms with E-state index >= 15 is 0 Å². The minimum absolute atomic E-state index is 0.710. The lowest BCUT2D eigenvalue weighted by Gasteiger charge is -2.12. The molecule has 0 unspecified atom stereocenters. The van der Waals surface area contributed by atoms with Gasteiger partial charge in [0.15, 0.2) is 0 Å². The van der Waals surface area contributed by atoms with Gasteiger partial charge in [0, 0.05) is 29.4 Å². The summed E-state index contributed by atoms with van der Waals surface area (Å²) < 4.78 is 10.8. The molecule has 0 radical (unpaired) electrons. The summed E-state index contributed by atoms with van der Waals surface area (Å²) >= 11 is 0. The molecule has 2 N–H and O–H groups in total. The molecule has 0 amide bonds. The molecule has 6 nitrogen and oxygen atoms in total. The Morgan fingerprint density at radius 1 is 0.923 bits per heavy atom. The molecule has 0 fully saturated rings. The molecule has 0 saturated carbocycles. The first-order valence-corrected chi connectivity index (χ1v) is 8.29. The minimum Gasteiger partial charge on any atom is -0.496 e. The zero-order valence-corrected chi connectivity index (χ0v) is 15.1. The Balaban J connectivity index is 1.89. The van der Waals surface area contributed by atoms with E-state index in [1.54, 1.807) is 20.5 Å². The van der Waals surface area contributed by atoms with Crippen LogP contribution in [0.25, 0.3) is 11.3 Å². The molecule has 3 rings (SSSR count). The smallest absolute Gasteiger partial charge is 0.134 e. The Hall–Kier alpha value is -3.12. The number of rotatable bonds is 7. The van der Waals surface area contributed by atoms with Gasteiger partial charge in [0.2, 0.25) is 0 Å². The summed E-state index contributed by atoms with van der Waals surface area (Å²) in [4.78, 5) is 8.70. The van der Waals surface area contributed by atoms with Crippen LogP contribution in [0, 0.1) is 0 Å². The summed E-state index contributed by atoms with van der Waals surface area (Å²) in [7, 11) is 5.23. The maximum absolute atomic E-state index is 5.42. The molecule has 3 aromatic rings. The molecule has 0 spiro atoms. The first kappa shape index (κ1) is 17.7. The summed E-state index contributed by atoms with van der Waals surface area (Å²) in [5.74, 6) is 2.33. The normalized spacial score (nSPS) is 10.4. The summed E-state index contributed by atoms with van der Waals surface area (Å²) in [5.41, 5.74) is 3.72. The fourth-order valence-electron chi connectivity index (χ4n) is 2.76. The summed E-state index contributed by atoms with van der Waals surface area (Å²) in [6, 6.07) is 15.6. The van der Waals surface area contributed by atoms with E-state index in [0.29, 0.717) is 5.82 Å². The predicted molar refractivity (Wildman–Crippen MR) is 103 cm³/mol. The molecular weight excluding hydrogens is 328 g/mol. The van der Waals surface area contributed by atoms with Crippen LogP contribution in [0.15, 0.2) is 54.9 Å². The van der Waals surface area contributed by atoms with Gasteiger partial charge in [0.05, 0.1) is 19.9 Å². The Morgan fingerprint density at radius 3 is 2.50 bits per heavy atom. The van der Waals surface area contributed by atoms with Crippen molar-refractivity contribution >= 4 is 11.5 Å². The molecule has 6 heteroatoms. The van der Waals surface area contributed by atoms with E-state index in [1.807, 2.05) is 55.6 Å². The Kier molecular flexibility index (Phi) is 5.66. The number of benzene rings is 2. The fourth-order valence-corrected chi connectivity index (χ4v) is 2.76. The molecule has 0 saturated heterocycles. The molecule has 0 bridgehead atoms. The molecule has 26 heavy (non-hydrogen) atoms. The maximum atomic E-state index is 5.42. The van der Waals surface area contributed by atoms with Gasteiger partial charge in [-0.1, -0.05) is 12.1 Å². The molecule has 0 aliphatic carbocycles. The zero-order chi connectivity index (χ0) is 18.4. The summed E-state index contributed by atoms with van der Waals surface area (Å²) in [5, 5.41) is 6.47. The van der Waals surface area contributed by atoms with Gasteiger partial charge in [-0.2, -0.15) is 0 Å². The monoisotopic (exact) mass is 350 g/mol. The van der Waals surface area contributed by atoms with Crippen LogP contribution >= 0.6 is 0 Å². The quantitative estimate of drug-likeness (QED) is 0.678. The molecule has 0 atom stereocenters. The molecule has 0 aliphatic rings. The molecule has 1 aromatic heterocycles. The van der Waals surface area contributed by atoms with Gasteiger partial charge in [0.1, 0.15) is 23.6 Å². The Bertz CT molecular complexity index is 883. The molecule has 0 aliphatic heterocycles. The van der Waals surface area contributed by atoms with Crippen LogP contribution in [-0.4, -0.2) is 31.2 Å². The van der Waals surface area contributed by atoms with Crippen molar-refractivity contribution in [1.82, 2.24) is 15.3 Å². The summed E-state index contributed by atoms with van der Waals surface area (Å²) in [6.07, 6.45) is 1.54. The molecule has 1 heterocycles. The van der Waals surface area contributed by atoms with E-state index in [4.69, 9.17) is 9.47 Å². The average Bonchev–Trinajstić information content (AvgIpc) is 2.69. The standard InChI is InChI=1S/C20H22N4O2/c1-21-12-14-10-15(8-9-18(14)25-2)24-20-11-17(22-13-23-20)16-6-4-5-7-19(16)26-3/h4-11,13,21H,12H2,1-3H3,(H,22,23,24). The minimum atomic E-state index is 0.710. The number of aromatic nitrogens is 2. The van der Waals surface area contributed by atoms with Crippen LogP contribution < -0.4 is 20.1 Å². The van der Waals surface area contributed by atoms with Crippen molar-refractivity contribution in [2.45, 2.75) is 6.54 Å². The third-order valence-electron chi connectivity index (χ3n) is 3.97. The van der Waals surface area contributed by atoms with Gasteiger partial charge >= 0.3 is 0 Å².